The maximum Gasteiger partial charge on any atom is 0.326 e. The second-order valence-corrected chi connectivity index (χ2v) is 6.64. The Balaban J connectivity index is 1.52. The number of hydrogen-bond acceptors (Lipinski definition) is 3. The smallest absolute Gasteiger partial charge is 0.326 e. The van der Waals surface area contributed by atoms with E-state index in [1.54, 1.807) is 10.9 Å². The lowest BCUT2D eigenvalue weighted by molar-refractivity contribution is -0.151. The van der Waals surface area contributed by atoms with E-state index in [2.05, 4.69) is 5.10 Å². The molecular weight excluding hydrogens is 342 g/mol. The lowest BCUT2D eigenvalue weighted by Crippen LogP contribution is -2.49. The zero-order valence-electron chi connectivity index (χ0n) is 14.7. The van der Waals surface area contributed by atoms with Crippen molar-refractivity contribution in [1.29, 1.82) is 0 Å². The average Bonchev–Trinajstić information content (AvgIpc) is 3.22. The Hall–Kier alpha value is -3.41. The molecule has 0 saturated heterocycles. The Bertz CT molecular complexity index is 965. The third-order valence-electron chi connectivity index (χ3n) is 4.91. The summed E-state index contributed by atoms with van der Waals surface area (Å²) in [6.45, 7) is 0.331. The van der Waals surface area contributed by atoms with Crippen molar-refractivity contribution < 1.29 is 14.7 Å². The van der Waals surface area contributed by atoms with Crippen LogP contribution in [0.15, 0.2) is 67.0 Å². The first-order valence-electron chi connectivity index (χ1n) is 8.80. The fraction of sp³-hybridized carbons (Fsp3) is 0.190. The van der Waals surface area contributed by atoms with Gasteiger partial charge in [-0.1, -0.05) is 36.4 Å². The van der Waals surface area contributed by atoms with E-state index >= 15 is 0 Å². The molecule has 6 heteroatoms. The minimum atomic E-state index is -0.966. The molecule has 0 fully saturated rings. The summed E-state index contributed by atoms with van der Waals surface area (Å²) in [5, 5.41) is 13.8. The third-order valence-corrected chi connectivity index (χ3v) is 4.91. The van der Waals surface area contributed by atoms with Crippen LogP contribution in [0, 0.1) is 0 Å². The van der Waals surface area contributed by atoms with E-state index in [1.807, 2.05) is 60.8 Å². The number of carbonyl (C=O) groups is 2. The molecule has 3 aromatic rings. The van der Waals surface area contributed by atoms with Gasteiger partial charge in [0.15, 0.2) is 0 Å². The van der Waals surface area contributed by atoms with Gasteiger partial charge >= 0.3 is 5.97 Å². The van der Waals surface area contributed by atoms with Crippen LogP contribution in [-0.2, 0) is 29.0 Å². The van der Waals surface area contributed by atoms with E-state index in [0.717, 1.165) is 22.4 Å². The Morgan fingerprint density at radius 1 is 1.04 bits per heavy atom. The summed E-state index contributed by atoms with van der Waals surface area (Å²) in [4.78, 5) is 26.0. The molecule has 136 valence electrons. The molecule has 1 aliphatic rings. The van der Waals surface area contributed by atoms with Crippen molar-refractivity contribution in [1.82, 2.24) is 14.7 Å². The first kappa shape index (κ1) is 17.0. The SMILES string of the molecule is O=C(O)[C@H]1Cc2ccccc2CN1C(=O)Cc1ccc(-n2cccn2)cc1. The fourth-order valence-corrected chi connectivity index (χ4v) is 3.47. The van der Waals surface area contributed by atoms with E-state index in [-0.39, 0.29) is 12.3 Å². The first-order chi connectivity index (χ1) is 13.1. The number of amides is 1. The molecule has 0 spiro atoms. The van der Waals surface area contributed by atoms with Crippen molar-refractivity contribution in [3.63, 3.8) is 0 Å². The highest BCUT2D eigenvalue weighted by atomic mass is 16.4. The minimum absolute atomic E-state index is 0.172. The average molecular weight is 361 g/mol. The van der Waals surface area contributed by atoms with Gasteiger partial charge in [0, 0.05) is 25.4 Å². The van der Waals surface area contributed by atoms with E-state index in [4.69, 9.17) is 0 Å². The highest BCUT2D eigenvalue weighted by molar-refractivity contribution is 5.85. The van der Waals surface area contributed by atoms with Gasteiger partial charge in [-0.05, 0) is 34.9 Å². The van der Waals surface area contributed by atoms with Crippen molar-refractivity contribution in [2.45, 2.75) is 25.4 Å². The number of rotatable bonds is 4. The zero-order valence-corrected chi connectivity index (χ0v) is 14.7. The van der Waals surface area contributed by atoms with Crippen LogP contribution in [0.25, 0.3) is 5.69 Å². The van der Waals surface area contributed by atoms with Crippen LogP contribution in [0.4, 0.5) is 0 Å². The topological polar surface area (TPSA) is 75.4 Å². The molecule has 4 rings (SSSR count). The Morgan fingerprint density at radius 3 is 2.44 bits per heavy atom. The number of hydrogen-bond donors (Lipinski definition) is 1. The minimum Gasteiger partial charge on any atom is -0.480 e. The van der Waals surface area contributed by atoms with E-state index in [0.29, 0.717) is 13.0 Å². The second kappa shape index (κ2) is 7.07. The van der Waals surface area contributed by atoms with Crippen molar-refractivity contribution in [3.8, 4) is 5.69 Å². The van der Waals surface area contributed by atoms with Crippen LogP contribution in [0.1, 0.15) is 16.7 Å². The second-order valence-electron chi connectivity index (χ2n) is 6.64. The van der Waals surface area contributed by atoms with E-state index < -0.39 is 12.0 Å². The molecule has 1 amide bonds. The summed E-state index contributed by atoms with van der Waals surface area (Å²) in [5.74, 6) is -1.14. The van der Waals surface area contributed by atoms with Gasteiger partial charge in [-0.3, -0.25) is 4.79 Å². The quantitative estimate of drug-likeness (QED) is 0.775. The number of nitrogens with zero attached hydrogens (tertiary/aromatic N) is 3. The number of benzene rings is 2. The monoisotopic (exact) mass is 361 g/mol. The molecule has 2 heterocycles. The number of aromatic nitrogens is 2. The van der Waals surface area contributed by atoms with Gasteiger partial charge in [0.2, 0.25) is 5.91 Å². The molecule has 0 saturated carbocycles. The number of carboxylic acids is 1. The molecule has 27 heavy (non-hydrogen) atoms. The van der Waals surface area contributed by atoms with Gasteiger partial charge < -0.3 is 10.0 Å². The highest BCUT2D eigenvalue weighted by Crippen LogP contribution is 2.24. The van der Waals surface area contributed by atoms with Crippen LogP contribution in [0.5, 0.6) is 0 Å². The molecule has 0 radical (unpaired) electrons. The predicted molar refractivity (Wildman–Crippen MR) is 99.4 cm³/mol. The summed E-state index contributed by atoms with van der Waals surface area (Å²) < 4.78 is 1.74. The van der Waals surface area contributed by atoms with Gasteiger partial charge in [0.25, 0.3) is 0 Å². The largest absolute Gasteiger partial charge is 0.480 e. The van der Waals surface area contributed by atoms with Crippen molar-refractivity contribution in [2.75, 3.05) is 0 Å². The van der Waals surface area contributed by atoms with Gasteiger partial charge in [0.05, 0.1) is 12.1 Å². The molecular formula is C21H19N3O3. The first-order valence-corrected chi connectivity index (χ1v) is 8.80. The molecule has 1 aliphatic heterocycles. The van der Waals surface area contributed by atoms with Gasteiger partial charge in [-0.15, -0.1) is 0 Å². The van der Waals surface area contributed by atoms with Crippen LogP contribution < -0.4 is 0 Å². The lowest BCUT2D eigenvalue weighted by atomic mass is 9.93. The zero-order chi connectivity index (χ0) is 18.8. The summed E-state index contributed by atoms with van der Waals surface area (Å²) >= 11 is 0. The molecule has 1 aromatic heterocycles. The van der Waals surface area contributed by atoms with Crippen LogP contribution >= 0.6 is 0 Å². The Morgan fingerprint density at radius 2 is 1.78 bits per heavy atom. The molecule has 0 bridgehead atoms. The summed E-state index contributed by atoms with van der Waals surface area (Å²) in [6.07, 6.45) is 4.07. The molecule has 6 nitrogen and oxygen atoms in total. The summed E-state index contributed by atoms with van der Waals surface area (Å²) in [5.41, 5.74) is 3.76. The van der Waals surface area contributed by atoms with Crippen LogP contribution in [0.2, 0.25) is 0 Å². The molecule has 0 unspecified atom stereocenters. The van der Waals surface area contributed by atoms with E-state index in [1.165, 1.54) is 4.90 Å². The van der Waals surface area contributed by atoms with Gasteiger partial charge in [-0.25, -0.2) is 9.48 Å². The molecule has 0 aliphatic carbocycles. The van der Waals surface area contributed by atoms with Gasteiger partial charge in [0.1, 0.15) is 6.04 Å². The van der Waals surface area contributed by atoms with Crippen molar-refractivity contribution >= 4 is 11.9 Å². The fourth-order valence-electron chi connectivity index (χ4n) is 3.47. The molecule has 1 atom stereocenters. The Labute approximate surface area is 156 Å². The Kier molecular flexibility index (Phi) is 4.46. The maximum atomic E-state index is 12.9. The number of aliphatic carboxylic acids is 1. The number of carboxylic acid groups (broad SMARTS) is 1. The van der Waals surface area contributed by atoms with Crippen molar-refractivity contribution in [3.05, 3.63) is 83.7 Å². The third kappa shape index (κ3) is 3.46. The van der Waals surface area contributed by atoms with Gasteiger partial charge in [-0.2, -0.15) is 5.10 Å². The number of fused-ring (bicyclic) bond motifs is 1. The summed E-state index contributed by atoms with van der Waals surface area (Å²) in [7, 11) is 0. The molecule has 2 aromatic carbocycles. The predicted octanol–water partition coefficient (Wildman–Crippen LogP) is 2.45. The van der Waals surface area contributed by atoms with Crippen molar-refractivity contribution in [2.24, 2.45) is 0 Å². The standard InChI is InChI=1S/C21H19N3O3/c25-20(12-15-6-8-18(9-7-15)24-11-3-10-22-24)23-14-17-5-2-1-4-16(17)13-19(23)21(26)27/h1-11,19H,12-14H2,(H,26,27)/t19-/m1/s1. The molecule has 1 N–H and O–H groups in total. The number of carbonyl (C=O) groups excluding carboxylic acids is 1. The van der Waals surface area contributed by atoms with Crippen LogP contribution in [-0.4, -0.2) is 37.7 Å². The maximum absolute atomic E-state index is 12.9. The van der Waals surface area contributed by atoms with E-state index in [9.17, 15) is 14.7 Å². The lowest BCUT2D eigenvalue weighted by Gasteiger charge is -2.34. The summed E-state index contributed by atoms with van der Waals surface area (Å²) in [6, 6.07) is 16.3. The normalized spacial score (nSPS) is 16.0. The van der Waals surface area contributed by atoms with Crippen LogP contribution in [0.3, 0.4) is 0 Å². The highest BCUT2D eigenvalue weighted by Gasteiger charge is 2.34.